The van der Waals surface area contributed by atoms with Crippen LogP contribution in [-0.4, -0.2) is 181 Å². The SMILES string of the molecule is CC(C)[C@H](N)C(=O)N[C@@H](CCCNC(N)=O)C(=O)Nc1ccc(COC(=O)N(C)CCOC(=O)N2C/C=C/CNc3ncnc4c3ccn4[C@@H]3O[C@H](COP(O)(=S)O[C@H]4[C@@H](F)[C@@H](O[C@@H]4CO)n4cnc5c2ncnc54)[C@@H](O[P+](=O)S)[C@H]3F)cc1. The number of fused-ring (bicyclic) bond motifs is 6. The number of hydrogen-bond acceptors (Lipinski definition) is 22. The third kappa shape index (κ3) is 15.4. The smallest absolute Gasteiger partial charge is 0.447 e. The van der Waals surface area contributed by atoms with Crippen LogP contribution in [0.2, 0.25) is 0 Å². The van der Waals surface area contributed by atoms with Gasteiger partial charge in [-0.15, -0.1) is 4.52 Å². The molecule has 6 amide bonds. The van der Waals surface area contributed by atoms with Crippen LogP contribution >= 0.6 is 26.2 Å². The van der Waals surface area contributed by atoms with E-state index in [2.05, 4.69) is 58.4 Å². The average molecular weight is 1250 g/mol. The molecule has 3 aliphatic heterocycles. The maximum absolute atomic E-state index is 16.7. The number of imidazole rings is 1. The first-order valence-electron chi connectivity index (χ1n) is 26.0. The van der Waals surface area contributed by atoms with E-state index >= 15 is 8.78 Å². The molecule has 1 aromatic carbocycles. The Morgan fingerprint density at radius 1 is 1.00 bits per heavy atom. The summed E-state index contributed by atoms with van der Waals surface area (Å²) in [5, 5.41) is 21.8. The number of alkyl halides is 2. The zero-order chi connectivity index (χ0) is 60.4. The predicted octanol–water partition coefficient (Wildman–Crippen LogP) is 3.37. The van der Waals surface area contributed by atoms with Crippen LogP contribution in [0.5, 0.6) is 0 Å². The van der Waals surface area contributed by atoms with Crippen molar-refractivity contribution in [2.45, 2.75) is 94.6 Å². The summed E-state index contributed by atoms with van der Waals surface area (Å²) in [4.78, 5) is 99.7. The van der Waals surface area contributed by atoms with Gasteiger partial charge in [0.05, 0.1) is 37.5 Å². The van der Waals surface area contributed by atoms with Crippen molar-refractivity contribution in [1.82, 2.24) is 49.6 Å². The number of ether oxygens (including phenoxy) is 4. The molecule has 2 unspecified atom stereocenters. The molecule has 0 saturated carbocycles. The van der Waals surface area contributed by atoms with Crippen LogP contribution in [0.4, 0.5) is 40.5 Å². The lowest BCUT2D eigenvalue weighted by atomic mass is 10.0. The third-order valence-electron chi connectivity index (χ3n) is 13.5. The highest BCUT2D eigenvalue weighted by Gasteiger charge is 2.53. The van der Waals surface area contributed by atoms with Crippen molar-refractivity contribution in [3.63, 3.8) is 0 Å². The van der Waals surface area contributed by atoms with E-state index in [-0.39, 0.29) is 74.4 Å². The molecule has 12 atom stereocenters. The fourth-order valence-corrected chi connectivity index (χ4v) is 11.2. The van der Waals surface area contributed by atoms with E-state index in [4.69, 9.17) is 55.8 Å². The number of halogens is 2. The number of benzene rings is 1. The normalized spacial score (nSPS) is 24.9. The van der Waals surface area contributed by atoms with Gasteiger partial charge in [-0.05, 0) is 58.9 Å². The minimum atomic E-state index is -4.49. The predicted molar refractivity (Wildman–Crippen MR) is 302 cm³/mol. The molecule has 84 heavy (non-hydrogen) atoms. The number of hydrogen-bond donors (Lipinski definition) is 9. The molecule has 36 heteroatoms. The van der Waals surface area contributed by atoms with Gasteiger partial charge in [-0.2, -0.15) is 0 Å². The Hall–Kier alpha value is -6.68. The van der Waals surface area contributed by atoms with Gasteiger partial charge in [-0.1, -0.05) is 38.1 Å². The van der Waals surface area contributed by atoms with Crippen molar-refractivity contribution >= 4 is 108 Å². The van der Waals surface area contributed by atoms with Gasteiger partial charge in [0, 0.05) is 38.6 Å². The highest BCUT2D eigenvalue weighted by Crippen LogP contribution is 2.51. The summed E-state index contributed by atoms with van der Waals surface area (Å²) in [5.41, 5.74) is 12.2. The summed E-state index contributed by atoms with van der Waals surface area (Å²) >= 11 is 9.05. The van der Waals surface area contributed by atoms with Crippen LogP contribution in [0.15, 0.2) is 67.7 Å². The summed E-state index contributed by atoms with van der Waals surface area (Å²) in [5.74, 6) is -0.998. The van der Waals surface area contributed by atoms with E-state index in [0.29, 0.717) is 28.9 Å². The average Bonchev–Trinajstić information content (AvgIpc) is 2.39. The van der Waals surface area contributed by atoms with Gasteiger partial charge in [-0.25, -0.2) is 48.1 Å². The minimum absolute atomic E-state index is 0.0250. The second-order valence-corrected chi connectivity index (χ2v) is 24.0. The number of nitrogens with one attached hydrogen (secondary N) is 4. The minimum Gasteiger partial charge on any atom is -0.447 e. The Morgan fingerprint density at radius 3 is 2.46 bits per heavy atom. The molecule has 30 nitrogen and oxygen atoms in total. The summed E-state index contributed by atoms with van der Waals surface area (Å²) in [6.07, 6.45) is -6.41. The van der Waals surface area contributed by atoms with E-state index in [9.17, 15) is 38.5 Å². The first-order chi connectivity index (χ1) is 40.1. The van der Waals surface area contributed by atoms with E-state index in [0.717, 1.165) is 17.6 Å². The summed E-state index contributed by atoms with van der Waals surface area (Å²) < 4.78 is 87.2. The van der Waals surface area contributed by atoms with Gasteiger partial charge in [0.25, 0.3) is 0 Å². The fraction of sp³-hybridized carbons (Fsp3) is 0.500. The number of primary amides is 1. The molecule has 3 aliphatic rings. The molecule has 7 heterocycles. The quantitative estimate of drug-likeness (QED) is 0.0279. The summed E-state index contributed by atoms with van der Waals surface area (Å²) in [6, 6.07) is 5.42. The Labute approximate surface area is 488 Å². The molecular weight excluding hydrogens is 1190 g/mol. The monoisotopic (exact) mass is 1250 g/mol. The number of likely N-dealkylation sites (N-methyl/N-ethyl adjacent to an activating group) is 1. The fourth-order valence-electron chi connectivity index (χ4n) is 9.00. The van der Waals surface area contributed by atoms with Crippen LogP contribution in [-0.2, 0) is 65.1 Å². The Bertz CT molecular complexity index is 3270. The van der Waals surface area contributed by atoms with Gasteiger partial charge in [-0.3, -0.25) is 23.6 Å². The van der Waals surface area contributed by atoms with Crippen molar-refractivity contribution in [2.24, 2.45) is 17.4 Å². The number of aliphatic hydroxyl groups excluding tert-OH is 1. The van der Waals surface area contributed by atoms with Gasteiger partial charge < -0.3 is 75.7 Å². The van der Waals surface area contributed by atoms with Crippen LogP contribution < -0.4 is 37.6 Å². The van der Waals surface area contributed by atoms with Gasteiger partial charge in [0.15, 0.2) is 47.9 Å². The number of thiol groups is 1. The number of aliphatic hydroxyl groups is 1. The van der Waals surface area contributed by atoms with Crippen molar-refractivity contribution < 1.29 is 79.8 Å². The molecule has 12 bridgehead atoms. The van der Waals surface area contributed by atoms with Crippen LogP contribution in [0.25, 0.3) is 22.2 Å². The van der Waals surface area contributed by atoms with Gasteiger partial charge in [0.2, 0.25) is 11.8 Å². The van der Waals surface area contributed by atoms with Crippen LogP contribution in [0, 0.1) is 5.92 Å². The number of anilines is 3. The number of aromatic nitrogens is 7. The van der Waals surface area contributed by atoms with Crippen molar-refractivity contribution in [3.05, 3.63) is 73.2 Å². The molecule has 10 N–H and O–H groups in total. The Kier molecular flexibility index (Phi) is 21.5. The number of carbonyl (C=O) groups is 5. The zero-order valence-corrected chi connectivity index (χ0v) is 48.7. The van der Waals surface area contributed by atoms with E-state index in [1.165, 1.54) is 33.6 Å². The van der Waals surface area contributed by atoms with E-state index < -0.39 is 118 Å². The summed E-state index contributed by atoms with van der Waals surface area (Å²) in [6.45, 7) is -3.05. The molecule has 2 fully saturated rings. The lowest BCUT2D eigenvalue weighted by Gasteiger charge is -2.25. The number of carbonyl (C=O) groups excluding carboxylic acids is 5. The number of urea groups is 1. The van der Waals surface area contributed by atoms with E-state index in [1.807, 2.05) is 0 Å². The van der Waals surface area contributed by atoms with Gasteiger partial charge in [0.1, 0.15) is 73.9 Å². The Balaban J connectivity index is 0.946. The highest BCUT2D eigenvalue weighted by molar-refractivity contribution is 8.39. The largest absolute Gasteiger partial charge is 0.582 e. The molecule has 0 spiro atoms. The van der Waals surface area contributed by atoms with E-state index in [1.54, 1.807) is 56.3 Å². The zero-order valence-electron chi connectivity index (χ0n) is 45.2. The standard InChI is InChI=1S/C48H61F2N15O15P2S2/c1-25(2)34(51)43(68)61-29(7-6-14-54-46(52)69)42(67)60-27-10-8-26(9-11-27)20-75-47(70)62(3)17-18-74-48(71)64-15-5-4-13-53-38-28-12-16-63(39(28)56-22-55-38)44-32(49)36(79-81(72)83)31(78-44)21-76-82(73,84)80-37-30(19-66)77-45(33(37)50)65-24-59-35-40(64)57-23-58-41(35)65/h4-5,8-12,16,22-25,29-34,36-37,44-45,66H,6-7,13-15,17-21,51H2,1-3H3,(H7-,52,53,54,55,56,60,61,67,68,69,72,73,83,84)/p+1/b5-4+/t29-,30+,31+,32+,33+,34-,36+,37+,44+,45+,82?/m0/s1. The first-order valence-corrected chi connectivity index (χ1v) is 30.9. The summed E-state index contributed by atoms with van der Waals surface area (Å²) in [7, 11) is -1.27. The van der Waals surface area contributed by atoms with Crippen LogP contribution in [0.1, 0.15) is 44.7 Å². The number of rotatable bonds is 17. The first kappa shape index (κ1) is 63.3. The molecule has 2 saturated heterocycles. The van der Waals surface area contributed by atoms with Crippen molar-refractivity contribution in [1.29, 1.82) is 0 Å². The third-order valence-corrected chi connectivity index (χ3v) is 15.7. The molecule has 5 aromatic rings. The number of nitrogens with zero attached hydrogens (tertiary/aromatic N) is 9. The Morgan fingerprint density at radius 2 is 1.74 bits per heavy atom. The molecule has 8 rings (SSSR count). The van der Waals surface area contributed by atoms with Crippen molar-refractivity contribution in [2.75, 3.05) is 68.6 Å². The molecular formula is C48H62F2N15O15P2S2+. The molecule has 454 valence electrons. The lowest BCUT2D eigenvalue weighted by Crippen LogP contribution is -2.51. The topological polar surface area (TPSA) is 388 Å². The van der Waals surface area contributed by atoms with Crippen molar-refractivity contribution in [3.8, 4) is 0 Å². The number of nitrogens with two attached hydrogens (primary N) is 2. The number of amides is 6. The molecule has 0 radical (unpaired) electrons. The highest BCUT2D eigenvalue weighted by atomic mass is 32.7. The molecule has 0 aliphatic carbocycles. The second kappa shape index (κ2) is 28.5. The molecule has 4 aromatic heterocycles. The van der Waals surface area contributed by atoms with Crippen LogP contribution in [0.3, 0.4) is 0 Å². The maximum Gasteiger partial charge on any atom is 0.582 e. The van der Waals surface area contributed by atoms with Gasteiger partial charge >= 0.3 is 32.2 Å². The second-order valence-electron chi connectivity index (χ2n) is 19.6. The maximum atomic E-state index is 16.7. The lowest BCUT2D eigenvalue weighted by molar-refractivity contribution is -0.128.